The molecule has 0 unspecified atom stereocenters. The van der Waals surface area contributed by atoms with Crippen LogP contribution in [0.25, 0.3) is 0 Å². The molecule has 0 aliphatic heterocycles. The lowest BCUT2D eigenvalue weighted by Gasteiger charge is -2.20. The third-order valence-electron chi connectivity index (χ3n) is 1.65. The number of rotatable bonds is 3. The van der Waals surface area contributed by atoms with E-state index in [4.69, 9.17) is 18.0 Å². The minimum absolute atomic E-state index is 0.367. The normalized spacial score (nSPS) is 9.23. The first-order chi connectivity index (χ1) is 6.25. The summed E-state index contributed by atoms with van der Waals surface area (Å²) in [6.07, 6.45) is 1.77. The van der Waals surface area contributed by atoms with E-state index >= 15 is 0 Å². The average Bonchev–Trinajstić information content (AvgIpc) is 2.15. The minimum atomic E-state index is 0.367. The van der Waals surface area contributed by atoms with E-state index < -0.39 is 0 Å². The molecule has 68 valence electrons. The van der Waals surface area contributed by atoms with Crippen molar-refractivity contribution in [3.8, 4) is 0 Å². The molecule has 0 saturated carbocycles. The van der Waals surface area contributed by atoms with Crippen LogP contribution in [0.2, 0.25) is 0 Å². The molecule has 0 saturated heterocycles. The van der Waals surface area contributed by atoms with Gasteiger partial charge in [0.05, 0.1) is 0 Å². The van der Waals surface area contributed by atoms with Gasteiger partial charge in [0, 0.05) is 12.2 Å². The third kappa shape index (κ3) is 2.56. The highest BCUT2D eigenvalue weighted by atomic mass is 32.1. The van der Waals surface area contributed by atoms with E-state index in [1.165, 1.54) is 0 Å². The molecule has 0 aromatic heterocycles. The smallest absolute Gasteiger partial charge is 0.171 e. The van der Waals surface area contributed by atoms with Crippen LogP contribution in [0.4, 0.5) is 5.69 Å². The fraction of sp³-hybridized carbons (Fsp3) is 0.100. The maximum absolute atomic E-state index is 5.56. The highest BCUT2D eigenvalue weighted by Gasteiger charge is 2.05. The highest BCUT2D eigenvalue weighted by molar-refractivity contribution is 7.80. The Bertz CT molecular complexity index is 295. The van der Waals surface area contributed by atoms with E-state index in [0.717, 1.165) is 5.69 Å². The van der Waals surface area contributed by atoms with E-state index in [0.29, 0.717) is 11.7 Å². The summed E-state index contributed by atoms with van der Waals surface area (Å²) in [5.74, 6) is 0. The van der Waals surface area contributed by atoms with Gasteiger partial charge in [-0.05, 0) is 24.4 Å². The predicted octanol–water partition coefficient (Wildman–Crippen LogP) is 1.92. The Balaban J connectivity index is 2.88. The van der Waals surface area contributed by atoms with Crippen molar-refractivity contribution >= 4 is 23.0 Å². The summed E-state index contributed by atoms with van der Waals surface area (Å²) >= 11 is 4.92. The molecule has 0 bridgehead atoms. The largest absolute Gasteiger partial charge is 0.376 e. The fourth-order valence-electron chi connectivity index (χ4n) is 1.06. The molecule has 0 aliphatic rings. The summed E-state index contributed by atoms with van der Waals surface area (Å²) in [6, 6.07) is 9.77. The molecule has 0 aliphatic carbocycles. The van der Waals surface area contributed by atoms with E-state index in [9.17, 15) is 0 Å². The molecule has 0 amide bonds. The van der Waals surface area contributed by atoms with Crippen molar-refractivity contribution in [2.75, 3.05) is 11.4 Å². The molecule has 1 rings (SSSR count). The van der Waals surface area contributed by atoms with Gasteiger partial charge in [0.2, 0.25) is 0 Å². The Morgan fingerprint density at radius 2 is 2.08 bits per heavy atom. The second kappa shape index (κ2) is 4.62. The molecule has 0 atom stereocenters. The Morgan fingerprint density at radius 3 is 2.54 bits per heavy atom. The molecule has 0 heterocycles. The van der Waals surface area contributed by atoms with Crippen LogP contribution in [0.15, 0.2) is 43.0 Å². The van der Waals surface area contributed by atoms with Gasteiger partial charge in [0.15, 0.2) is 5.11 Å². The number of anilines is 1. The quantitative estimate of drug-likeness (QED) is 0.586. The lowest BCUT2D eigenvalue weighted by Crippen LogP contribution is -2.35. The maximum atomic E-state index is 5.56. The molecular weight excluding hydrogens is 180 g/mol. The molecule has 1 aromatic rings. The molecule has 3 heteroatoms. The lowest BCUT2D eigenvalue weighted by molar-refractivity contribution is 1.14. The zero-order chi connectivity index (χ0) is 9.68. The van der Waals surface area contributed by atoms with Crippen LogP contribution >= 0.6 is 12.2 Å². The van der Waals surface area contributed by atoms with Gasteiger partial charge in [-0.25, -0.2) is 0 Å². The van der Waals surface area contributed by atoms with Gasteiger partial charge in [-0.2, -0.15) is 0 Å². The first-order valence-corrected chi connectivity index (χ1v) is 4.39. The zero-order valence-electron chi connectivity index (χ0n) is 7.31. The van der Waals surface area contributed by atoms with Crippen molar-refractivity contribution in [1.82, 2.24) is 0 Å². The summed E-state index contributed by atoms with van der Waals surface area (Å²) in [5, 5.41) is 0.367. The van der Waals surface area contributed by atoms with E-state index in [1.54, 1.807) is 6.08 Å². The van der Waals surface area contributed by atoms with Gasteiger partial charge in [0.1, 0.15) is 0 Å². The van der Waals surface area contributed by atoms with Crippen LogP contribution in [-0.4, -0.2) is 11.7 Å². The Kier molecular flexibility index (Phi) is 3.46. The molecule has 0 radical (unpaired) electrons. The number of nitrogens with two attached hydrogens (primary N) is 1. The average molecular weight is 192 g/mol. The van der Waals surface area contributed by atoms with Gasteiger partial charge >= 0.3 is 0 Å². The molecule has 2 nitrogen and oxygen atoms in total. The van der Waals surface area contributed by atoms with Crippen LogP contribution in [0.1, 0.15) is 0 Å². The van der Waals surface area contributed by atoms with Crippen LogP contribution in [-0.2, 0) is 0 Å². The second-order valence-corrected chi connectivity index (χ2v) is 2.99. The van der Waals surface area contributed by atoms with Crippen LogP contribution in [0.3, 0.4) is 0 Å². The molecule has 0 fully saturated rings. The van der Waals surface area contributed by atoms with Gasteiger partial charge in [-0.3, -0.25) is 0 Å². The monoisotopic (exact) mass is 192 g/mol. The highest BCUT2D eigenvalue weighted by Crippen LogP contribution is 2.12. The maximum Gasteiger partial charge on any atom is 0.171 e. The van der Waals surface area contributed by atoms with Gasteiger partial charge in [0.25, 0.3) is 0 Å². The number of para-hydroxylation sites is 1. The zero-order valence-corrected chi connectivity index (χ0v) is 8.13. The number of hydrogen-bond donors (Lipinski definition) is 1. The summed E-state index contributed by atoms with van der Waals surface area (Å²) in [5.41, 5.74) is 6.56. The van der Waals surface area contributed by atoms with E-state index in [1.807, 2.05) is 35.2 Å². The van der Waals surface area contributed by atoms with Crippen molar-refractivity contribution < 1.29 is 0 Å². The first kappa shape index (κ1) is 9.74. The summed E-state index contributed by atoms with van der Waals surface area (Å²) in [7, 11) is 0. The standard InChI is InChI=1S/C10H12N2S/c1-2-8-12(10(11)13)9-6-4-3-5-7-9/h2-7H,1,8H2,(H2,11,13). The molecule has 1 aromatic carbocycles. The summed E-state index contributed by atoms with van der Waals surface area (Å²) < 4.78 is 0. The van der Waals surface area contributed by atoms with Crippen molar-refractivity contribution in [2.24, 2.45) is 5.73 Å². The summed E-state index contributed by atoms with van der Waals surface area (Å²) in [6.45, 7) is 4.29. The first-order valence-electron chi connectivity index (χ1n) is 3.98. The molecule has 0 spiro atoms. The Morgan fingerprint density at radius 1 is 1.46 bits per heavy atom. The second-order valence-electron chi connectivity index (χ2n) is 2.57. The van der Waals surface area contributed by atoms with Gasteiger partial charge < -0.3 is 10.6 Å². The van der Waals surface area contributed by atoms with Crippen molar-refractivity contribution in [3.05, 3.63) is 43.0 Å². The van der Waals surface area contributed by atoms with Crippen LogP contribution < -0.4 is 10.6 Å². The SMILES string of the molecule is C=CCN(C(N)=S)c1ccccc1. The fourth-order valence-corrected chi connectivity index (χ4v) is 1.24. The van der Waals surface area contributed by atoms with Gasteiger partial charge in [-0.1, -0.05) is 24.3 Å². The molecular formula is C10H12N2S. The topological polar surface area (TPSA) is 29.3 Å². The van der Waals surface area contributed by atoms with E-state index in [2.05, 4.69) is 6.58 Å². The lowest BCUT2D eigenvalue weighted by atomic mass is 10.3. The van der Waals surface area contributed by atoms with Crippen LogP contribution in [0, 0.1) is 0 Å². The number of thiocarbonyl (C=S) groups is 1. The van der Waals surface area contributed by atoms with Crippen LogP contribution in [0.5, 0.6) is 0 Å². The van der Waals surface area contributed by atoms with Gasteiger partial charge in [-0.15, -0.1) is 6.58 Å². The third-order valence-corrected chi connectivity index (χ3v) is 1.87. The van der Waals surface area contributed by atoms with Crippen molar-refractivity contribution in [2.45, 2.75) is 0 Å². The number of nitrogens with zero attached hydrogens (tertiary/aromatic N) is 1. The minimum Gasteiger partial charge on any atom is -0.376 e. The predicted molar refractivity (Wildman–Crippen MR) is 60.8 cm³/mol. The summed E-state index contributed by atoms with van der Waals surface area (Å²) in [4.78, 5) is 1.82. The van der Waals surface area contributed by atoms with E-state index in [-0.39, 0.29) is 0 Å². The Labute approximate surface area is 83.7 Å². The molecule has 2 N–H and O–H groups in total. The number of benzene rings is 1. The number of hydrogen-bond acceptors (Lipinski definition) is 1. The molecule has 13 heavy (non-hydrogen) atoms. The van der Waals surface area contributed by atoms with Crippen molar-refractivity contribution in [3.63, 3.8) is 0 Å². The van der Waals surface area contributed by atoms with Crippen molar-refractivity contribution in [1.29, 1.82) is 0 Å². The Hall–Kier alpha value is -1.35.